The van der Waals surface area contributed by atoms with Crippen LogP contribution >= 0.6 is 0 Å². The zero-order valence-corrected chi connectivity index (χ0v) is 13.6. The van der Waals surface area contributed by atoms with Gasteiger partial charge in [0.2, 0.25) is 0 Å². The Morgan fingerprint density at radius 2 is 2.08 bits per heavy atom. The number of hydrogen-bond acceptors (Lipinski definition) is 7. The normalized spacial score (nSPS) is 11.1. The Bertz CT molecular complexity index is 953. The SMILES string of the molecule is CCn1nnc2c(=O)n(CCn3nc(C(=O)OC)cc3C)cnc21. The van der Waals surface area contributed by atoms with Gasteiger partial charge in [0.15, 0.2) is 16.9 Å². The fraction of sp³-hybridized carbons (Fsp3) is 0.429. The van der Waals surface area contributed by atoms with Crippen LogP contribution in [0, 0.1) is 6.92 Å². The van der Waals surface area contributed by atoms with Crippen LogP contribution in [-0.4, -0.2) is 47.4 Å². The Hall–Kier alpha value is -3.04. The highest BCUT2D eigenvalue weighted by atomic mass is 16.5. The van der Waals surface area contributed by atoms with Gasteiger partial charge in [-0.2, -0.15) is 5.10 Å². The average Bonchev–Trinajstić information content (AvgIpc) is 3.17. The van der Waals surface area contributed by atoms with Crippen LogP contribution in [0.15, 0.2) is 17.2 Å². The van der Waals surface area contributed by atoms with Gasteiger partial charge >= 0.3 is 5.97 Å². The fourth-order valence-electron chi connectivity index (χ4n) is 2.40. The molecule has 126 valence electrons. The first-order valence-corrected chi connectivity index (χ1v) is 7.46. The molecule has 3 heterocycles. The molecule has 0 unspecified atom stereocenters. The van der Waals surface area contributed by atoms with Crippen LogP contribution < -0.4 is 5.56 Å². The summed E-state index contributed by atoms with van der Waals surface area (Å²) in [5.41, 5.74) is 1.50. The molecule has 0 fully saturated rings. The van der Waals surface area contributed by atoms with E-state index in [0.29, 0.717) is 25.3 Å². The van der Waals surface area contributed by atoms with Gasteiger partial charge in [-0.05, 0) is 19.9 Å². The number of fused-ring (bicyclic) bond motifs is 1. The number of aryl methyl sites for hydroxylation is 4. The fourth-order valence-corrected chi connectivity index (χ4v) is 2.40. The van der Waals surface area contributed by atoms with E-state index in [2.05, 4.69) is 25.1 Å². The maximum absolute atomic E-state index is 12.4. The van der Waals surface area contributed by atoms with Crippen molar-refractivity contribution >= 4 is 17.1 Å². The van der Waals surface area contributed by atoms with Crippen LogP contribution in [-0.2, 0) is 24.4 Å². The highest BCUT2D eigenvalue weighted by Crippen LogP contribution is 2.06. The molecule has 0 aliphatic heterocycles. The van der Waals surface area contributed by atoms with Crippen molar-refractivity contribution in [2.24, 2.45) is 0 Å². The van der Waals surface area contributed by atoms with Gasteiger partial charge in [-0.25, -0.2) is 14.5 Å². The van der Waals surface area contributed by atoms with Gasteiger partial charge in [-0.1, -0.05) is 5.21 Å². The van der Waals surface area contributed by atoms with Crippen LogP contribution in [0.3, 0.4) is 0 Å². The molecule has 0 N–H and O–H groups in total. The maximum Gasteiger partial charge on any atom is 0.358 e. The van der Waals surface area contributed by atoms with Crippen molar-refractivity contribution in [1.82, 2.24) is 34.3 Å². The second-order valence-corrected chi connectivity index (χ2v) is 5.21. The smallest absolute Gasteiger partial charge is 0.358 e. The number of carbonyl (C=O) groups is 1. The molecule has 0 aliphatic rings. The monoisotopic (exact) mass is 331 g/mol. The first kappa shape index (κ1) is 15.8. The van der Waals surface area contributed by atoms with Gasteiger partial charge in [0.05, 0.1) is 13.7 Å². The molecule has 10 heteroatoms. The van der Waals surface area contributed by atoms with E-state index in [-0.39, 0.29) is 16.8 Å². The third kappa shape index (κ3) is 2.66. The molecule has 3 aromatic heterocycles. The van der Waals surface area contributed by atoms with E-state index >= 15 is 0 Å². The number of rotatable bonds is 5. The van der Waals surface area contributed by atoms with Gasteiger partial charge in [0, 0.05) is 18.8 Å². The molecule has 24 heavy (non-hydrogen) atoms. The summed E-state index contributed by atoms with van der Waals surface area (Å²) in [6.07, 6.45) is 1.47. The molecular weight excluding hydrogens is 314 g/mol. The van der Waals surface area contributed by atoms with E-state index in [1.54, 1.807) is 15.4 Å². The molecule has 0 saturated heterocycles. The third-order valence-corrected chi connectivity index (χ3v) is 3.72. The summed E-state index contributed by atoms with van der Waals surface area (Å²) >= 11 is 0. The van der Waals surface area contributed by atoms with E-state index in [1.807, 2.05) is 13.8 Å². The van der Waals surface area contributed by atoms with E-state index in [0.717, 1.165) is 5.69 Å². The lowest BCUT2D eigenvalue weighted by Gasteiger charge is -2.07. The van der Waals surface area contributed by atoms with E-state index < -0.39 is 5.97 Å². The van der Waals surface area contributed by atoms with Gasteiger partial charge in [-0.15, -0.1) is 5.10 Å². The quantitative estimate of drug-likeness (QED) is 0.605. The van der Waals surface area contributed by atoms with Crippen LogP contribution in [0.5, 0.6) is 0 Å². The Morgan fingerprint density at radius 3 is 2.79 bits per heavy atom. The van der Waals surface area contributed by atoms with Crippen LogP contribution in [0.25, 0.3) is 11.2 Å². The largest absolute Gasteiger partial charge is 0.464 e. The Morgan fingerprint density at radius 1 is 1.29 bits per heavy atom. The topological polar surface area (TPSA) is 110 Å². The maximum atomic E-state index is 12.4. The van der Waals surface area contributed by atoms with Gasteiger partial charge in [0.1, 0.15) is 6.33 Å². The number of aromatic nitrogens is 7. The molecule has 0 spiro atoms. The minimum absolute atomic E-state index is 0.238. The van der Waals surface area contributed by atoms with Crippen molar-refractivity contribution in [1.29, 1.82) is 0 Å². The minimum Gasteiger partial charge on any atom is -0.464 e. The molecule has 0 bridgehead atoms. The summed E-state index contributed by atoms with van der Waals surface area (Å²) in [5.74, 6) is -0.492. The lowest BCUT2D eigenvalue weighted by atomic mass is 10.4. The lowest BCUT2D eigenvalue weighted by Crippen LogP contribution is -2.24. The molecule has 10 nitrogen and oxygen atoms in total. The standard InChI is InChI=1S/C14H17N7O3/c1-4-20-12-11(16-18-20)13(22)19(8-15-12)5-6-21-9(2)7-10(17-21)14(23)24-3/h7-8H,4-6H2,1-3H3. The summed E-state index contributed by atoms with van der Waals surface area (Å²) < 4.78 is 9.32. The zero-order chi connectivity index (χ0) is 17.3. The van der Waals surface area contributed by atoms with Gasteiger partial charge < -0.3 is 4.74 Å². The summed E-state index contributed by atoms with van der Waals surface area (Å²) in [6.45, 7) is 5.09. The number of hydrogen-bond donors (Lipinski definition) is 0. The summed E-state index contributed by atoms with van der Waals surface area (Å²) in [5, 5.41) is 12.0. The molecule has 0 aromatic carbocycles. The van der Waals surface area contributed by atoms with Gasteiger partial charge in [-0.3, -0.25) is 14.0 Å². The first-order valence-electron chi connectivity index (χ1n) is 7.46. The third-order valence-electron chi connectivity index (χ3n) is 3.72. The summed E-state index contributed by atoms with van der Waals surface area (Å²) in [4.78, 5) is 28.2. The highest BCUT2D eigenvalue weighted by molar-refractivity contribution is 5.87. The number of carbonyl (C=O) groups excluding carboxylic acids is 1. The van der Waals surface area contributed by atoms with Crippen molar-refractivity contribution < 1.29 is 9.53 Å². The van der Waals surface area contributed by atoms with Crippen molar-refractivity contribution in [2.75, 3.05) is 7.11 Å². The minimum atomic E-state index is -0.492. The molecule has 0 saturated carbocycles. The number of nitrogens with zero attached hydrogens (tertiary/aromatic N) is 7. The Balaban J connectivity index is 1.84. The van der Waals surface area contributed by atoms with E-state index in [1.165, 1.54) is 18.0 Å². The molecule has 0 aliphatic carbocycles. The summed E-state index contributed by atoms with van der Waals surface area (Å²) in [7, 11) is 1.31. The number of ether oxygens (including phenoxy) is 1. The molecule has 0 amide bonds. The average molecular weight is 331 g/mol. The van der Waals surface area contributed by atoms with Crippen LogP contribution in [0.2, 0.25) is 0 Å². The second kappa shape index (κ2) is 6.22. The van der Waals surface area contributed by atoms with Crippen molar-refractivity contribution in [3.63, 3.8) is 0 Å². The van der Waals surface area contributed by atoms with Crippen molar-refractivity contribution in [3.8, 4) is 0 Å². The molecular formula is C14H17N7O3. The number of methoxy groups -OCH3 is 1. The van der Waals surface area contributed by atoms with E-state index in [4.69, 9.17) is 0 Å². The molecule has 3 rings (SSSR count). The molecule has 0 radical (unpaired) electrons. The summed E-state index contributed by atoms with van der Waals surface area (Å²) in [6, 6.07) is 1.64. The van der Waals surface area contributed by atoms with Crippen molar-refractivity contribution in [3.05, 3.63) is 34.1 Å². The van der Waals surface area contributed by atoms with Crippen LogP contribution in [0.4, 0.5) is 0 Å². The van der Waals surface area contributed by atoms with Crippen molar-refractivity contribution in [2.45, 2.75) is 33.5 Å². The van der Waals surface area contributed by atoms with E-state index in [9.17, 15) is 9.59 Å². The Labute approximate surface area is 136 Å². The predicted molar refractivity (Wildman–Crippen MR) is 83.6 cm³/mol. The lowest BCUT2D eigenvalue weighted by molar-refractivity contribution is 0.0593. The highest BCUT2D eigenvalue weighted by Gasteiger charge is 2.14. The zero-order valence-electron chi connectivity index (χ0n) is 13.6. The molecule has 3 aromatic rings. The van der Waals surface area contributed by atoms with Crippen LogP contribution in [0.1, 0.15) is 23.1 Å². The first-order chi connectivity index (χ1) is 11.5. The second-order valence-electron chi connectivity index (χ2n) is 5.21. The predicted octanol–water partition coefficient (Wildman–Crippen LogP) is -0.000380. The molecule has 0 atom stereocenters. The Kier molecular flexibility index (Phi) is 4.11. The van der Waals surface area contributed by atoms with Gasteiger partial charge in [0.25, 0.3) is 5.56 Å². The number of esters is 1.